The first-order chi connectivity index (χ1) is 19.4. The van der Waals surface area contributed by atoms with Gasteiger partial charge in [0.1, 0.15) is 11.4 Å². The van der Waals surface area contributed by atoms with Crippen LogP contribution in [0.25, 0.3) is 16.6 Å². The topological polar surface area (TPSA) is 112 Å². The van der Waals surface area contributed by atoms with Gasteiger partial charge in [0.15, 0.2) is 5.65 Å². The van der Waals surface area contributed by atoms with Crippen molar-refractivity contribution in [2.75, 3.05) is 0 Å². The van der Waals surface area contributed by atoms with Gasteiger partial charge in [-0.1, -0.05) is 37.2 Å². The normalized spacial score (nSPS) is 14.7. The number of rotatable bonds is 4. The van der Waals surface area contributed by atoms with E-state index in [2.05, 4.69) is 32.3 Å². The van der Waals surface area contributed by atoms with Crippen molar-refractivity contribution in [3.63, 3.8) is 0 Å². The fourth-order valence-electron chi connectivity index (χ4n) is 5.58. The minimum Gasteiger partial charge on any atom is -0.342 e. The van der Waals surface area contributed by atoms with Crippen LogP contribution >= 0.6 is 0 Å². The molecule has 4 heterocycles. The first kappa shape index (κ1) is 25.5. The predicted octanol–water partition coefficient (Wildman–Crippen LogP) is 3.88. The molecule has 10 heteroatoms. The number of nitrogens with zero attached hydrogens (tertiary/aromatic N) is 7. The second-order valence-corrected chi connectivity index (χ2v) is 10.3. The monoisotopic (exact) mass is 534 g/mol. The van der Waals surface area contributed by atoms with Gasteiger partial charge in [-0.2, -0.15) is 10.2 Å². The molecular weight excluding hydrogens is 504 g/mol. The fraction of sp³-hybridized carbons (Fsp3) is 0.333. The minimum absolute atomic E-state index is 0.00669. The van der Waals surface area contributed by atoms with Crippen molar-refractivity contribution in [1.29, 1.82) is 0 Å². The summed E-state index contributed by atoms with van der Waals surface area (Å²) in [5.74, 6) is 6.52. The molecule has 0 spiro atoms. The molecule has 1 amide bonds. The highest BCUT2D eigenvalue weighted by atomic mass is 16.2. The number of aryl methyl sites for hydroxylation is 2. The maximum absolute atomic E-state index is 14.2. The highest BCUT2D eigenvalue weighted by molar-refractivity contribution is 6.01. The molecule has 1 fully saturated rings. The number of carbonyl (C=O) groups excluding carboxylic acids is 1. The Labute approximate surface area is 231 Å². The van der Waals surface area contributed by atoms with Gasteiger partial charge in [0.2, 0.25) is 0 Å². The molecule has 1 atom stereocenters. The lowest BCUT2D eigenvalue weighted by Gasteiger charge is -2.28. The number of fused-ring (bicyclic) bond motifs is 2. The molecule has 1 saturated carbocycles. The van der Waals surface area contributed by atoms with E-state index in [1.807, 2.05) is 42.9 Å². The summed E-state index contributed by atoms with van der Waals surface area (Å²) in [5.41, 5.74) is 3.30. The highest BCUT2D eigenvalue weighted by Crippen LogP contribution is 2.30. The SMILES string of the molecule is Cc1nn2cccnc2c1C(=O)N[C@@H](C)c1nc2cccc(C#Cc3cnn(C)c3)c2c(=O)n1C1CCCCC1. The Morgan fingerprint density at radius 3 is 2.75 bits per heavy atom. The second-order valence-electron chi connectivity index (χ2n) is 10.3. The molecule has 1 aromatic carbocycles. The Bertz CT molecular complexity index is 1860. The van der Waals surface area contributed by atoms with E-state index in [4.69, 9.17) is 4.98 Å². The van der Waals surface area contributed by atoms with Crippen molar-refractivity contribution in [2.24, 2.45) is 7.05 Å². The number of benzene rings is 1. The van der Waals surface area contributed by atoms with Gasteiger partial charge in [0.05, 0.1) is 34.4 Å². The standard InChI is InChI=1S/C30H30N8O2/c1-19-25(28-31-15-8-16-37(28)35-19)29(39)33-20(2)27-34-24-12-7-9-22(14-13-21-17-32-36(3)18-21)26(24)30(40)38(27)23-10-5-4-6-11-23/h7-9,12,15-18,20,23H,4-6,10-11H2,1-3H3,(H,33,39)/t20-/m0/s1. The third-order valence-corrected chi connectivity index (χ3v) is 7.48. The Hall–Kier alpha value is -4.78. The van der Waals surface area contributed by atoms with Gasteiger partial charge in [-0.25, -0.2) is 14.5 Å². The van der Waals surface area contributed by atoms with Crippen LogP contribution in [0.2, 0.25) is 0 Å². The summed E-state index contributed by atoms with van der Waals surface area (Å²) in [6.45, 7) is 3.65. The van der Waals surface area contributed by atoms with E-state index in [0.717, 1.165) is 37.7 Å². The predicted molar refractivity (Wildman–Crippen MR) is 151 cm³/mol. The van der Waals surface area contributed by atoms with Crippen molar-refractivity contribution < 1.29 is 4.79 Å². The Morgan fingerprint density at radius 2 is 1.98 bits per heavy atom. The van der Waals surface area contributed by atoms with Gasteiger partial charge in [0.25, 0.3) is 11.5 Å². The molecule has 0 bridgehead atoms. The van der Waals surface area contributed by atoms with E-state index in [9.17, 15) is 9.59 Å². The van der Waals surface area contributed by atoms with Crippen LogP contribution in [0, 0.1) is 18.8 Å². The van der Waals surface area contributed by atoms with Gasteiger partial charge in [-0.15, -0.1) is 0 Å². The van der Waals surface area contributed by atoms with Gasteiger partial charge in [-0.3, -0.25) is 18.8 Å². The zero-order chi connectivity index (χ0) is 27.8. The average molecular weight is 535 g/mol. The zero-order valence-electron chi connectivity index (χ0n) is 22.8. The van der Waals surface area contributed by atoms with Crippen LogP contribution in [0.5, 0.6) is 0 Å². The number of hydrogen-bond acceptors (Lipinski definition) is 6. The fourth-order valence-corrected chi connectivity index (χ4v) is 5.58. The lowest BCUT2D eigenvalue weighted by molar-refractivity contribution is 0.0937. The van der Waals surface area contributed by atoms with Crippen LogP contribution in [0.1, 0.15) is 84.1 Å². The molecule has 0 aliphatic heterocycles. The van der Waals surface area contributed by atoms with E-state index < -0.39 is 6.04 Å². The molecule has 0 saturated heterocycles. The number of hydrogen-bond donors (Lipinski definition) is 1. The van der Waals surface area contributed by atoms with E-state index in [1.165, 1.54) is 0 Å². The molecule has 40 heavy (non-hydrogen) atoms. The lowest BCUT2D eigenvalue weighted by atomic mass is 9.94. The van der Waals surface area contributed by atoms with Gasteiger partial charge < -0.3 is 5.32 Å². The molecule has 4 aromatic heterocycles. The number of carbonyl (C=O) groups is 1. The van der Waals surface area contributed by atoms with E-state index in [0.29, 0.717) is 39.2 Å². The van der Waals surface area contributed by atoms with E-state index in [1.54, 1.807) is 40.8 Å². The summed E-state index contributed by atoms with van der Waals surface area (Å²) in [4.78, 5) is 37.1. The molecule has 1 aliphatic carbocycles. The first-order valence-corrected chi connectivity index (χ1v) is 13.6. The summed E-state index contributed by atoms with van der Waals surface area (Å²) >= 11 is 0. The molecule has 0 unspecified atom stereocenters. The van der Waals surface area contributed by atoms with Crippen LogP contribution in [0.3, 0.4) is 0 Å². The minimum atomic E-state index is -0.533. The smallest absolute Gasteiger partial charge is 0.262 e. The van der Waals surface area contributed by atoms with Crippen molar-refractivity contribution >= 4 is 22.5 Å². The quantitative estimate of drug-likeness (QED) is 0.350. The molecule has 5 aromatic rings. The first-order valence-electron chi connectivity index (χ1n) is 13.6. The summed E-state index contributed by atoms with van der Waals surface area (Å²) < 4.78 is 5.09. The molecule has 1 aliphatic rings. The molecule has 6 rings (SSSR count). The Kier molecular flexibility index (Phi) is 6.64. The number of aromatic nitrogens is 7. The largest absolute Gasteiger partial charge is 0.342 e. The molecule has 202 valence electrons. The van der Waals surface area contributed by atoms with Crippen LogP contribution < -0.4 is 10.9 Å². The molecule has 10 nitrogen and oxygen atoms in total. The molecule has 1 N–H and O–H groups in total. The third kappa shape index (κ3) is 4.64. The maximum Gasteiger partial charge on any atom is 0.262 e. The Morgan fingerprint density at radius 1 is 1.15 bits per heavy atom. The molecular formula is C30H30N8O2. The highest BCUT2D eigenvalue weighted by Gasteiger charge is 2.27. The number of amides is 1. The second kappa shape index (κ2) is 10.4. The summed E-state index contributed by atoms with van der Waals surface area (Å²) in [6, 6.07) is 6.78. The average Bonchev–Trinajstić information content (AvgIpc) is 3.53. The van der Waals surface area contributed by atoms with Crippen LogP contribution in [-0.2, 0) is 7.05 Å². The summed E-state index contributed by atoms with van der Waals surface area (Å²) in [5, 5.41) is 12.2. The van der Waals surface area contributed by atoms with Crippen molar-refractivity contribution in [2.45, 2.75) is 58.0 Å². The van der Waals surface area contributed by atoms with Crippen LogP contribution in [0.4, 0.5) is 0 Å². The van der Waals surface area contributed by atoms with Gasteiger partial charge in [0, 0.05) is 37.2 Å². The van der Waals surface area contributed by atoms with Gasteiger partial charge in [-0.05, 0) is 44.9 Å². The summed E-state index contributed by atoms with van der Waals surface area (Å²) in [7, 11) is 1.84. The Balaban J connectivity index is 1.44. The van der Waals surface area contributed by atoms with Crippen LogP contribution in [-0.4, -0.2) is 39.8 Å². The van der Waals surface area contributed by atoms with Crippen molar-refractivity contribution in [3.05, 3.63) is 87.6 Å². The number of nitrogens with one attached hydrogen (secondary N) is 1. The molecule has 0 radical (unpaired) electrons. The lowest BCUT2D eigenvalue weighted by Crippen LogP contribution is -2.36. The van der Waals surface area contributed by atoms with E-state index in [-0.39, 0.29) is 17.5 Å². The van der Waals surface area contributed by atoms with Gasteiger partial charge >= 0.3 is 0 Å². The maximum atomic E-state index is 14.2. The summed E-state index contributed by atoms with van der Waals surface area (Å²) in [6.07, 6.45) is 11.9. The van der Waals surface area contributed by atoms with E-state index >= 15 is 0 Å². The van der Waals surface area contributed by atoms with Crippen molar-refractivity contribution in [1.82, 2.24) is 39.2 Å². The zero-order valence-corrected chi connectivity index (χ0v) is 22.8. The third-order valence-electron chi connectivity index (χ3n) is 7.48. The van der Waals surface area contributed by atoms with Crippen LogP contribution in [0.15, 0.2) is 53.8 Å². The van der Waals surface area contributed by atoms with Crippen molar-refractivity contribution in [3.8, 4) is 11.8 Å².